The average Bonchev–Trinajstić information content (AvgIpc) is 2.71. The molecule has 2 N–H and O–H groups in total. The van der Waals surface area contributed by atoms with Crippen LogP contribution in [-0.4, -0.2) is 25.3 Å². The van der Waals surface area contributed by atoms with Gasteiger partial charge in [-0.3, -0.25) is 0 Å². The van der Waals surface area contributed by atoms with Crippen molar-refractivity contribution in [3.63, 3.8) is 0 Å². The largest absolute Gasteiger partial charge is 0.379 e. The molecule has 1 fully saturated rings. The summed E-state index contributed by atoms with van der Waals surface area (Å²) in [6, 6.07) is 9.36. The zero-order valence-electron chi connectivity index (χ0n) is 8.40. The number of carbonyl (C=O) groups is 1. The molecule has 2 rings (SSSR count). The molecule has 0 aliphatic carbocycles. The van der Waals surface area contributed by atoms with Gasteiger partial charge < -0.3 is 15.4 Å². The number of ether oxygens (including phenoxy) is 1. The fourth-order valence-electron chi connectivity index (χ4n) is 1.52. The quantitative estimate of drug-likeness (QED) is 0.772. The molecule has 2 amide bonds. The first-order valence-electron chi connectivity index (χ1n) is 5.05. The van der Waals surface area contributed by atoms with Gasteiger partial charge in [-0.15, -0.1) is 0 Å². The lowest BCUT2D eigenvalue weighted by Gasteiger charge is -2.11. The Kier molecular flexibility index (Phi) is 3.19. The van der Waals surface area contributed by atoms with Gasteiger partial charge in [0.2, 0.25) is 0 Å². The lowest BCUT2D eigenvalue weighted by molar-refractivity contribution is 0.189. The molecule has 1 aliphatic heterocycles. The SMILES string of the molecule is O=C(Nc1ccccc1)NC1CCOC1. The summed E-state index contributed by atoms with van der Waals surface area (Å²) >= 11 is 0. The van der Waals surface area contributed by atoms with Crippen LogP contribution in [0.25, 0.3) is 0 Å². The first-order valence-corrected chi connectivity index (χ1v) is 5.05. The predicted molar refractivity (Wildman–Crippen MR) is 57.8 cm³/mol. The number of nitrogens with one attached hydrogen (secondary N) is 2. The second-order valence-corrected chi connectivity index (χ2v) is 3.53. The van der Waals surface area contributed by atoms with Gasteiger partial charge in [-0.1, -0.05) is 18.2 Å². The zero-order valence-corrected chi connectivity index (χ0v) is 8.40. The number of anilines is 1. The molecule has 1 aromatic carbocycles. The summed E-state index contributed by atoms with van der Waals surface area (Å²) in [6.07, 6.45) is 0.891. The normalized spacial score (nSPS) is 19.9. The Labute approximate surface area is 88.6 Å². The van der Waals surface area contributed by atoms with Gasteiger partial charge >= 0.3 is 6.03 Å². The van der Waals surface area contributed by atoms with Crippen molar-refractivity contribution in [3.05, 3.63) is 30.3 Å². The molecule has 1 heterocycles. The summed E-state index contributed by atoms with van der Waals surface area (Å²) in [7, 11) is 0. The maximum atomic E-state index is 11.5. The van der Waals surface area contributed by atoms with E-state index in [4.69, 9.17) is 4.74 Å². The molecule has 1 saturated heterocycles. The van der Waals surface area contributed by atoms with Crippen LogP contribution in [-0.2, 0) is 4.74 Å². The summed E-state index contributed by atoms with van der Waals surface area (Å²) in [5, 5.41) is 5.62. The van der Waals surface area contributed by atoms with Gasteiger partial charge in [0, 0.05) is 12.3 Å². The summed E-state index contributed by atoms with van der Waals surface area (Å²) in [6.45, 7) is 1.35. The number of benzene rings is 1. The molecular formula is C11H14N2O2. The van der Waals surface area contributed by atoms with Crippen molar-refractivity contribution in [2.24, 2.45) is 0 Å². The van der Waals surface area contributed by atoms with Crippen LogP contribution in [0.15, 0.2) is 30.3 Å². The molecular weight excluding hydrogens is 192 g/mol. The highest BCUT2D eigenvalue weighted by molar-refractivity contribution is 5.89. The van der Waals surface area contributed by atoms with E-state index in [9.17, 15) is 4.79 Å². The molecule has 4 nitrogen and oxygen atoms in total. The minimum absolute atomic E-state index is 0.147. The zero-order chi connectivity index (χ0) is 10.5. The van der Waals surface area contributed by atoms with Crippen LogP contribution in [0, 0.1) is 0 Å². The van der Waals surface area contributed by atoms with E-state index in [1.165, 1.54) is 0 Å². The topological polar surface area (TPSA) is 50.4 Å². The smallest absolute Gasteiger partial charge is 0.319 e. The fourth-order valence-corrected chi connectivity index (χ4v) is 1.52. The molecule has 4 heteroatoms. The van der Waals surface area contributed by atoms with Crippen molar-refractivity contribution in [2.75, 3.05) is 18.5 Å². The van der Waals surface area contributed by atoms with Crippen LogP contribution in [0.3, 0.4) is 0 Å². The van der Waals surface area contributed by atoms with Crippen molar-refractivity contribution in [1.29, 1.82) is 0 Å². The molecule has 1 atom stereocenters. The third-order valence-electron chi connectivity index (χ3n) is 2.30. The Morgan fingerprint density at radius 2 is 2.13 bits per heavy atom. The van der Waals surface area contributed by atoms with E-state index in [1.54, 1.807) is 0 Å². The molecule has 1 aliphatic rings. The second kappa shape index (κ2) is 4.79. The maximum Gasteiger partial charge on any atom is 0.319 e. The van der Waals surface area contributed by atoms with E-state index < -0.39 is 0 Å². The highest BCUT2D eigenvalue weighted by atomic mass is 16.5. The van der Waals surface area contributed by atoms with E-state index in [0.717, 1.165) is 18.7 Å². The number of para-hydroxylation sites is 1. The predicted octanol–water partition coefficient (Wildman–Crippen LogP) is 1.60. The Hall–Kier alpha value is -1.55. The number of carbonyl (C=O) groups excluding carboxylic acids is 1. The maximum absolute atomic E-state index is 11.5. The third kappa shape index (κ3) is 2.95. The minimum atomic E-state index is -0.170. The lowest BCUT2D eigenvalue weighted by Crippen LogP contribution is -2.38. The van der Waals surface area contributed by atoms with Gasteiger partial charge in [0.15, 0.2) is 0 Å². The van der Waals surface area contributed by atoms with Gasteiger partial charge in [-0.2, -0.15) is 0 Å². The Morgan fingerprint density at radius 3 is 2.80 bits per heavy atom. The van der Waals surface area contributed by atoms with Crippen molar-refractivity contribution in [1.82, 2.24) is 5.32 Å². The van der Waals surface area contributed by atoms with Crippen LogP contribution in [0.2, 0.25) is 0 Å². The molecule has 1 unspecified atom stereocenters. The van der Waals surface area contributed by atoms with Crippen molar-refractivity contribution < 1.29 is 9.53 Å². The minimum Gasteiger partial charge on any atom is -0.379 e. The summed E-state index contributed by atoms with van der Waals surface area (Å²) in [4.78, 5) is 11.5. The highest BCUT2D eigenvalue weighted by Gasteiger charge is 2.17. The van der Waals surface area contributed by atoms with Gasteiger partial charge in [0.25, 0.3) is 0 Å². The number of rotatable bonds is 2. The number of hydrogen-bond acceptors (Lipinski definition) is 2. The van der Waals surface area contributed by atoms with E-state index in [0.29, 0.717) is 6.61 Å². The highest BCUT2D eigenvalue weighted by Crippen LogP contribution is 2.06. The summed E-state index contributed by atoms with van der Waals surface area (Å²) in [5.74, 6) is 0. The molecule has 0 bridgehead atoms. The van der Waals surface area contributed by atoms with E-state index in [-0.39, 0.29) is 12.1 Å². The molecule has 0 aromatic heterocycles. The first kappa shape index (κ1) is 9.98. The van der Waals surface area contributed by atoms with Crippen LogP contribution in [0.1, 0.15) is 6.42 Å². The molecule has 0 saturated carbocycles. The monoisotopic (exact) mass is 206 g/mol. The fraction of sp³-hybridized carbons (Fsp3) is 0.364. The van der Waals surface area contributed by atoms with Crippen molar-refractivity contribution >= 4 is 11.7 Å². The van der Waals surface area contributed by atoms with E-state index in [1.807, 2.05) is 30.3 Å². The van der Waals surface area contributed by atoms with E-state index in [2.05, 4.69) is 10.6 Å². The van der Waals surface area contributed by atoms with Crippen LogP contribution in [0.5, 0.6) is 0 Å². The Morgan fingerprint density at radius 1 is 1.33 bits per heavy atom. The summed E-state index contributed by atoms with van der Waals surface area (Å²) < 4.78 is 5.17. The van der Waals surface area contributed by atoms with Crippen LogP contribution < -0.4 is 10.6 Å². The summed E-state index contributed by atoms with van der Waals surface area (Å²) in [5.41, 5.74) is 0.800. The Balaban J connectivity index is 1.82. The van der Waals surface area contributed by atoms with E-state index >= 15 is 0 Å². The molecule has 0 spiro atoms. The van der Waals surface area contributed by atoms with Gasteiger partial charge in [0.05, 0.1) is 12.6 Å². The van der Waals surface area contributed by atoms with Gasteiger partial charge in [-0.05, 0) is 18.6 Å². The standard InChI is InChI=1S/C11H14N2O2/c14-11(13-10-6-7-15-8-10)12-9-4-2-1-3-5-9/h1-5,10H,6-8H2,(H2,12,13,14). The van der Waals surface area contributed by atoms with Crippen molar-refractivity contribution in [3.8, 4) is 0 Å². The third-order valence-corrected chi connectivity index (χ3v) is 2.30. The average molecular weight is 206 g/mol. The number of urea groups is 1. The van der Waals surface area contributed by atoms with Crippen LogP contribution >= 0.6 is 0 Å². The molecule has 1 aromatic rings. The van der Waals surface area contributed by atoms with Crippen molar-refractivity contribution in [2.45, 2.75) is 12.5 Å². The lowest BCUT2D eigenvalue weighted by atomic mass is 10.3. The van der Waals surface area contributed by atoms with Gasteiger partial charge in [-0.25, -0.2) is 4.79 Å². The van der Waals surface area contributed by atoms with Gasteiger partial charge in [0.1, 0.15) is 0 Å². The number of hydrogen-bond donors (Lipinski definition) is 2. The molecule has 0 radical (unpaired) electrons. The molecule has 80 valence electrons. The molecule has 15 heavy (non-hydrogen) atoms. The van der Waals surface area contributed by atoms with Crippen LogP contribution in [0.4, 0.5) is 10.5 Å². The number of amides is 2. The Bertz CT molecular complexity index is 321. The second-order valence-electron chi connectivity index (χ2n) is 3.53. The first-order chi connectivity index (χ1) is 7.34.